The van der Waals surface area contributed by atoms with Crippen molar-refractivity contribution in [3.63, 3.8) is 0 Å². The van der Waals surface area contributed by atoms with E-state index in [0.717, 1.165) is 25.3 Å². The van der Waals surface area contributed by atoms with Crippen LogP contribution in [0, 0.1) is 0 Å². The lowest BCUT2D eigenvalue weighted by molar-refractivity contribution is 0.0935. The van der Waals surface area contributed by atoms with Crippen molar-refractivity contribution in [1.82, 2.24) is 20.3 Å². The van der Waals surface area contributed by atoms with Gasteiger partial charge >= 0.3 is 0 Å². The number of hydrogen-bond donors (Lipinski definition) is 1. The normalized spacial score (nSPS) is 18.0. The van der Waals surface area contributed by atoms with Gasteiger partial charge in [-0.15, -0.1) is 0 Å². The molecular formula is C14H15N5O. The fourth-order valence-electron chi connectivity index (χ4n) is 2.30. The van der Waals surface area contributed by atoms with E-state index >= 15 is 0 Å². The summed E-state index contributed by atoms with van der Waals surface area (Å²) in [5.41, 5.74) is 0.351. The molecule has 102 valence electrons. The molecule has 0 bridgehead atoms. The molecule has 1 aliphatic rings. The summed E-state index contributed by atoms with van der Waals surface area (Å²) in [5.74, 6) is 0.773. The first-order valence-electron chi connectivity index (χ1n) is 6.56. The molecule has 3 rings (SSSR count). The van der Waals surface area contributed by atoms with Crippen LogP contribution in [0.4, 0.5) is 5.82 Å². The lowest BCUT2D eigenvalue weighted by Crippen LogP contribution is -2.37. The van der Waals surface area contributed by atoms with Crippen molar-refractivity contribution in [2.75, 3.05) is 18.0 Å². The molecule has 3 heterocycles. The Kier molecular flexibility index (Phi) is 3.54. The zero-order chi connectivity index (χ0) is 13.8. The number of pyridine rings is 1. The van der Waals surface area contributed by atoms with E-state index < -0.39 is 0 Å². The first kappa shape index (κ1) is 12.5. The van der Waals surface area contributed by atoms with Crippen molar-refractivity contribution in [1.29, 1.82) is 0 Å². The second-order valence-electron chi connectivity index (χ2n) is 4.68. The molecule has 2 aromatic heterocycles. The van der Waals surface area contributed by atoms with Gasteiger partial charge in [0.05, 0.1) is 6.20 Å². The first-order chi connectivity index (χ1) is 9.83. The smallest absolute Gasteiger partial charge is 0.271 e. The van der Waals surface area contributed by atoms with Gasteiger partial charge in [-0.1, -0.05) is 6.07 Å². The molecule has 1 amide bonds. The summed E-state index contributed by atoms with van der Waals surface area (Å²) in [4.78, 5) is 26.4. The van der Waals surface area contributed by atoms with Crippen LogP contribution >= 0.6 is 0 Å². The number of nitrogens with one attached hydrogen (secondary N) is 1. The van der Waals surface area contributed by atoms with Crippen molar-refractivity contribution in [2.24, 2.45) is 0 Å². The van der Waals surface area contributed by atoms with Crippen molar-refractivity contribution in [3.05, 3.63) is 48.7 Å². The first-order valence-corrected chi connectivity index (χ1v) is 6.56. The van der Waals surface area contributed by atoms with Gasteiger partial charge in [0, 0.05) is 37.7 Å². The fourth-order valence-corrected chi connectivity index (χ4v) is 2.30. The Morgan fingerprint density at radius 1 is 1.25 bits per heavy atom. The van der Waals surface area contributed by atoms with Crippen LogP contribution in [0.5, 0.6) is 0 Å². The van der Waals surface area contributed by atoms with E-state index in [-0.39, 0.29) is 11.9 Å². The molecule has 2 aromatic rings. The van der Waals surface area contributed by atoms with Crippen LogP contribution in [-0.2, 0) is 0 Å². The van der Waals surface area contributed by atoms with Gasteiger partial charge in [0.2, 0.25) is 0 Å². The molecule has 1 atom stereocenters. The van der Waals surface area contributed by atoms with E-state index in [1.807, 2.05) is 18.2 Å². The number of anilines is 1. The van der Waals surface area contributed by atoms with Crippen molar-refractivity contribution >= 4 is 11.7 Å². The average Bonchev–Trinajstić information content (AvgIpc) is 2.97. The molecule has 6 heteroatoms. The second kappa shape index (κ2) is 5.64. The Morgan fingerprint density at radius 3 is 2.95 bits per heavy atom. The largest absolute Gasteiger partial charge is 0.354 e. The van der Waals surface area contributed by atoms with E-state index in [1.54, 1.807) is 12.4 Å². The second-order valence-corrected chi connectivity index (χ2v) is 4.68. The van der Waals surface area contributed by atoms with Crippen molar-refractivity contribution < 1.29 is 4.79 Å². The van der Waals surface area contributed by atoms with Gasteiger partial charge in [-0.3, -0.25) is 9.78 Å². The van der Waals surface area contributed by atoms with Crippen LogP contribution in [0.15, 0.2) is 43.0 Å². The van der Waals surface area contributed by atoms with Crippen molar-refractivity contribution in [3.8, 4) is 0 Å². The van der Waals surface area contributed by atoms with Crippen LogP contribution in [0.25, 0.3) is 0 Å². The minimum atomic E-state index is -0.175. The highest BCUT2D eigenvalue weighted by Crippen LogP contribution is 2.17. The number of carbonyl (C=O) groups is 1. The van der Waals surface area contributed by atoms with Crippen LogP contribution in [0.3, 0.4) is 0 Å². The standard InChI is InChI=1S/C14H15N5O/c20-14(12-9-15-6-7-16-12)18-11-4-8-19(10-11)13-3-1-2-5-17-13/h1-3,5-7,9,11H,4,8,10H2,(H,18,20). The van der Waals surface area contributed by atoms with Gasteiger partial charge in [0.25, 0.3) is 5.91 Å². The molecule has 1 saturated heterocycles. The molecule has 6 nitrogen and oxygen atoms in total. The van der Waals surface area contributed by atoms with Gasteiger partial charge in [0.1, 0.15) is 11.5 Å². The summed E-state index contributed by atoms with van der Waals surface area (Å²) in [6, 6.07) is 5.96. The Hall–Kier alpha value is -2.50. The van der Waals surface area contributed by atoms with E-state index in [4.69, 9.17) is 0 Å². The molecule has 0 spiro atoms. The molecule has 0 saturated carbocycles. The number of nitrogens with zero attached hydrogens (tertiary/aromatic N) is 4. The summed E-state index contributed by atoms with van der Waals surface area (Å²) < 4.78 is 0. The summed E-state index contributed by atoms with van der Waals surface area (Å²) in [6.45, 7) is 1.66. The quantitative estimate of drug-likeness (QED) is 0.895. The van der Waals surface area contributed by atoms with E-state index in [9.17, 15) is 4.79 Å². The number of hydrogen-bond acceptors (Lipinski definition) is 5. The van der Waals surface area contributed by atoms with Gasteiger partial charge in [-0.05, 0) is 18.6 Å². The summed E-state index contributed by atoms with van der Waals surface area (Å²) in [5, 5.41) is 2.98. The molecule has 1 fully saturated rings. The topological polar surface area (TPSA) is 71.0 Å². The Bertz CT molecular complexity index is 575. The maximum absolute atomic E-state index is 12.0. The molecule has 1 N–H and O–H groups in total. The maximum atomic E-state index is 12.0. The van der Waals surface area contributed by atoms with Crippen molar-refractivity contribution in [2.45, 2.75) is 12.5 Å². The predicted octanol–water partition coefficient (Wildman–Crippen LogP) is 0.880. The van der Waals surface area contributed by atoms with Gasteiger partial charge in [0.15, 0.2) is 0 Å². The minimum absolute atomic E-state index is 0.117. The third-order valence-corrected chi connectivity index (χ3v) is 3.29. The fraction of sp³-hybridized carbons (Fsp3) is 0.286. The van der Waals surface area contributed by atoms with Crippen LogP contribution in [-0.4, -0.2) is 40.0 Å². The van der Waals surface area contributed by atoms with Crippen LogP contribution < -0.4 is 10.2 Å². The van der Waals surface area contributed by atoms with E-state index in [1.165, 1.54) is 12.4 Å². The SMILES string of the molecule is O=C(NC1CCN(c2ccccn2)C1)c1cnccn1. The summed E-state index contributed by atoms with van der Waals surface area (Å²) in [6.07, 6.45) is 7.23. The number of amides is 1. The molecule has 20 heavy (non-hydrogen) atoms. The average molecular weight is 269 g/mol. The van der Waals surface area contributed by atoms with Crippen LogP contribution in [0.1, 0.15) is 16.9 Å². The van der Waals surface area contributed by atoms with Crippen LogP contribution in [0.2, 0.25) is 0 Å². The Balaban J connectivity index is 1.60. The van der Waals surface area contributed by atoms with Gasteiger partial charge in [-0.2, -0.15) is 0 Å². The highest BCUT2D eigenvalue weighted by atomic mass is 16.2. The minimum Gasteiger partial charge on any atom is -0.354 e. The molecule has 0 aromatic carbocycles. The molecule has 0 aliphatic carbocycles. The third kappa shape index (κ3) is 2.74. The molecule has 1 unspecified atom stereocenters. The van der Waals surface area contributed by atoms with E-state index in [0.29, 0.717) is 5.69 Å². The summed E-state index contributed by atoms with van der Waals surface area (Å²) in [7, 11) is 0. The highest BCUT2D eigenvalue weighted by molar-refractivity contribution is 5.92. The third-order valence-electron chi connectivity index (χ3n) is 3.29. The van der Waals surface area contributed by atoms with E-state index in [2.05, 4.69) is 25.2 Å². The molecule has 0 radical (unpaired) electrons. The Labute approximate surface area is 116 Å². The zero-order valence-corrected chi connectivity index (χ0v) is 10.9. The lowest BCUT2D eigenvalue weighted by atomic mass is 10.2. The number of rotatable bonds is 3. The summed E-state index contributed by atoms with van der Waals surface area (Å²) >= 11 is 0. The maximum Gasteiger partial charge on any atom is 0.271 e. The van der Waals surface area contributed by atoms with Gasteiger partial charge < -0.3 is 10.2 Å². The number of carbonyl (C=O) groups excluding carboxylic acids is 1. The Morgan fingerprint density at radius 2 is 2.20 bits per heavy atom. The predicted molar refractivity (Wildman–Crippen MR) is 74.4 cm³/mol. The monoisotopic (exact) mass is 269 g/mol. The molecule has 1 aliphatic heterocycles. The van der Waals surface area contributed by atoms with Gasteiger partial charge in [-0.25, -0.2) is 9.97 Å². The highest BCUT2D eigenvalue weighted by Gasteiger charge is 2.25. The molecular weight excluding hydrogens is 254 g/mol. The number of aromatic nitrogens is 3. The lowest BCUT2D eigenvalue weighted by Gasteiger charge is -2.17. The zero-order valence-electron chi connectivity index (χ0n) is 10.9.